The molecule has 0 aliphatic carbocycles. The molecule has 0 aromatic carbocycles. The van der Waals surface area contributed by atoms with Gasteiger partial charge in [-0.25, -0.2) is 15.0 Å². The van der Waals surface area contributed by atoms with Crippen LogP contribution in [0, 0.1) is 0 Å². The van der Waals surface area contributed by atoms with Gasteiger partial charge >= 0.3 is 0 Å². The molecule has 0 radical (unpaired) electrons. The molecule has 1 aliphatic heterocycles. The second-order valence-corrected chi connectivity index (χ2v) is 15.3. The van der Waals surface area contributed by atoms with Crippen molar-refractivity contribution in [1.29, 1.82) is 0 Å². The lowest BCUT2D eigenvalue weighted by Gasteiger charge is -2.25. The Bertz CT molecular complexity index is 1040. The summed E-state index contributed by atoms with van der Waals surface area (Å²) in [5, 5.41) is 1.02. The molecule has 0 bridgehead atoms. The molecule has 3 aromatic heterocycles. The predicted molar refractivity (Wildman–Crippen MR) is 127 cm³/mol. The van der Waals surface area contributed by atoms with Gasteiger partial charge in [-0.2, -0.15) is 0 Å². The maximum atomic E-state index is 12.7. The highest BCUT2D eigenvalue weighted by atomic mass is 28.3. The van der Waals surface area contributed by atoms with Crippen molar-refractivity contribution in [2.75, 3.05) is 31.6 Å². The van der Waals surface area contributed by atoms with Crippen molar-refractivity contribution in [3.63, 3.8) is 0 Å². The Hall–Kier alpha value is -2.72. The van der Waals surface area contributed by atoms with E-state index in [4.69, 9.17) is 4.74 Å². The fourth-order valence-electron chi connectivity index (χ4n) is 4.01. The fraction of sp³-hybridized carbons (Fsp3) is 0.545. The van der Waals surface area contributed by atoms with Crippen LogP contribution < -0.4 is 4.90 Å². The SMILES string of the molecule is CN(C(=O)Cc1cnc[nH]1)C1CCN(c2ncnc3c2ccn3COCC[Si](C)(C)C)C1. The van der Waals surface area contributed by atoms with E-state index in [0.717, 1.165) is 54.7 Å². The molecule has 0 spiro atoms. The number of amides is 1. The third-order valence-corrected chi connectivity index (χ3v) is 7.77. The van der Waals surface area contributed by atoms with Crippen molar-refractivity contribution >= 4 is 30.8 Å². The highest BCUT2D eigenvalue weighted by molar-refractivity contribution is 6.76. The molecule has 1 aliphatic rings. The second-order valence-electron chi connectivity index (χ2n) is 9.71. The van der Waals surface area contributed by atoms with Crippen molar-refractivity contribution in [1.82, 2.24) is 29.4 Å². The molecule has 0 saturated carbocycles. The highest BCUT2D eigenvalue weighted by Crippen LogP contribution is 2.28. The minimum Gasteiger partial charge on any atom is -0.361 e. The number of nitrogens with zero attached hydrogens (tertiary/aromatic N) is 6. The maximum Gasteiger partial charge on any atom is 0.228 e. The van der Waals surface area contributed by atoms with E-state index in [1.54, 1.807) is 18.9 Å². The van der Waals surface area contributed by atoms with Crippen molar-refractivity contribution in [2.24, 2.45) is 0 Å². The lowest BCUT2D eigenvalue weighted by molar-refractivity contribution is -0.130. The largest absolute Gasteiger partial charge is 0.361 e. The van der Waals surface area contributed by atoms with Gasteiger partial charge in [0.2, 0.25) is 5.91 Å². The van der Waals surface area contributed by atoms with Crippen LogP contribution in [0.1, 0.15) is 12.1 Å². The van der Waals surface area contributed by atoms with Crippen LogP contribution in [0.25, 0.3) is 11.0 Å². The monoisotopic (exact) mass is 455 g/mol. The van der Waals surface area contributed by atoms with Gasteiger partial charge in [-0.3, -0.25) is 4.79 Å². The number of rotatable bonds is 9. The Labute approximate surface area is 189 Å². The van der Waals surface area contributed by atoms with Crippen LogP contribution in [-0.2, 0) is 22.7 Å². The maximum absolute atomic E-state index is 12.7. The summed E-state index contributed by atoms with van der Waals surface area (Å²) in [6.45, 7) is 9.95. The average Bonchev–Trinajstić information content (AvgIpc) is 3.50. The van der Waals surface area contributed by atoms with E-state index in [2.05, 4.69) is 50.5 Å². The molecule has 4 rings (SSSR count). The molecule has 1 fully saturated rings. The molecule has 1 N–H and O–H groups in total. The Balaban J connectivity index is 1.39. The van der Waals surface area contributed by atoms with Gasteiger partial charge in [-0.05, 0) is 18.5 Å². The first kappa shape index (κ1) is 22.5. The predicted octanol–water partition coefficient (Wildman–Crippen LogP) is 2.75. The van der Waals surface area contributed by atoms with Crippen molar-refractivity contribution in [3.05, 3.63) is 36.8 Å². The number of imidazole rings is 1. The molecule has 172 valence electrons. The number of aromatic nitrogens is 5. The standard InChI is InChI=1S/C22H33N7O2Si/c1-27(20(30)11-17-12-23-14-24-17)18-5-7-28(13-18)21-19-6-8-29(22(19)26-15-25-21)16-31-9-10-32(2,3)4/h6,8,12,14-15,18H,5,7,9-11,13,16H2,1-4H3,(H,23,24). The van der Waals surface area contributed by atoms with Crippen molar-refractivity contribution in [3.8, 4) is 0 Å². The minimum atomic E-state index is -1.10. The van der Waals surface area contributed by atoms with Crippen molar-refractivity contribution in [2.45, 2.75) is 51.3 Å². The number of nitrogens with one attached hydrogen (secondary N) is 1. The summed E-state index contributed by atoms with van der Waals surface area (Å²) >= 11 is 0. The summed E-state index contributed by atoms with van der Waals surface area (Å²) in [7, 11) is 0.784. The topological polar surface area (TPSA) is 92.2 Å². The summed E-state index contributed by atoms with van der Waals surface area (Å²) in [6.07, 6.45) is 8.19. The molecular formula is C22H33N7O2Si. The molecule has 3 aromatic rings. The van der Waals surface area contributed by atoms with Crippen LogP contribution in [0.5, 0.6) is 0 Å². The molecule has 1 unspecified atom stereocenters. The van der Waals surface area contributed by atoms with E-state index >= 15 is 0 Å². The van der Waals surface area contributed by atoms with Gasteiger partial charge in [0.15, 0.2) is 0 Å². The van der Waals surface area contributed by atoms with E-state index in [1.165, 1.54) is 0 Å². The lowest BCUT2D eigenvalue weighted by atomic mass is 10.2. The third kappa shape index (κ3) is 5.18. The summed E-state index contributed by atoms with van der Waals surface area (Å²) in [5.41, 5.74) is 1.72. The number of aromatic amines is 1. The first-order valence-corrected chi connectivity index (χ1v) is 14.9. The van der Waals surface area contributed by atoms with Crippen LogP contribution in [0.4, 0.5) is 5.82 Å². The molecule has 4 heterocycles. The number of anilines is 1. The van der Waals surface area contributed by atoms with E-state index in [0.29, 0.717) is 13.2 Å². The van der Waals surface area contributed by atoms with E-state index in [1.807, 2.05) is 22.7 Å². The second kappa shape index (κ2) is 9.41. The molecule has 1 amide bonds. The fourth-order valence-corrected chi connectivity index (χ4v) is 4.77. The normalized spacial score (nSPS) is 16.8. The number of carbonyl (C=O) groups excluding carboxylic acids is 1. The van der Waals surface area contributed by atoms with Crippen LogP contribution in [0.3, 0.4) is 0 Å². The summed E-state index contributed by atoms with van der Waals surface area (Å²) in [6, 6.07) is 3.36. The quantitative estimate of drug-likeness (QED) is 0.394. The van der Waals surface area contributed by atoms with Gasteiger partial charge in [0.05, 0.1) is 24.2 Å². The number of fused-ring (bicyclic) bond motifs is 1. The summed E-state index contributed by atoms with van der Waals surface area (Å²) in [4.78, 5) is 32.9. The summed E-state index contributed by atoms with van der Waals surface area (Å²) in [5.74, 6) is 1.02. The summed E-state index contributed by atoms with van der Waals surface area (Å²) < 4.78 is 7.96. The Morgan fingerprint density at radius 1 is 1.34 bits per heavy atom. The first-order chi connectivity index (χ1) is 15.3. The Morgan fingerprint density at radius 2 is 2.19 bits per heavy atom. The van der Waals surface area contributed by atoms with Crippen LogP contribution >= 0.6 is 0 Å². The number of likely N-dealkylation sites (N-methyl/N-ethyl adjacent to an activating group) is 1. The lowest BCUT2D eigenvalue weighted by Crippen LogP contribution is -2.40. The van der Waals surface area contributed by atoms with E-state index in [9.17, 15) is 4.79 Å². The molecule has 32 heavy (non-hydrogen) atoms. The number of hydrogen-bond donors (Lipinski definition) is 1. The van der Waals surface area contributed by atoms with Gasteiger partial charge in [0.1, 0.15) is 24.5 Å². The average molecular weight is 456 g/mol. The molecule has 9 nitrogen and oxygen atoms in total. The third-order valence-electron chi connectivity index (χ3n) is 6.06. The number of H-pyrrole nitrogens is 1. The first-order valence-electron chi connectivity index (χ1n) is 11.2. The molecule has 10 heteroatoms. The number of carbonyl (C=O) groups is 1. The molecule has 1 saturated heterocycles. The Morgan fingerprint density at radius 3 is 2.94 bits per heavy atom. The number of ether oxygens (including phenoxy) is 1. The van der Waals surface area contributed by atoms with Gasteiger partial charge in [-0.1, -0.05) is 19.6 Å². The van der Waals surface area contributed by atoms with Crippen LogP contribution in [-0.4, -0.2) is 76.2 Å². The van der Waals surface area contributed by atoms with Gasteiger partial charge in [-0.15, -0.1) is 0 Å². The smallest absolute Gasteiger partial charge is 0.228 e. The van der Waals surface area contributed by atoms with Gasteiger partial charge < -0.3 is 24.1 Å². The zero-order valence-electron chi connectivity index (χ0n) is 19.4. The van der Waals surface area contributed by atoms with Gasteiger partial charge in [0, 0.05) is 52.9 Å². The van der Waals surface area contributed by atoms with Crippen LogP contribution in [0.15, 0.2) is 31.1 Å². The minimum absolute atomic E-state index is 0.0931. The van der Waals surface area contributed by atoms with E-state index in [-0.39, 0.29) is 11.9 Å². The van der Waals surface area contributed by atoms with Gasteiger partial charge in [0.25, 0.3) is 0 Å². The molecule has 1 atom stereocenters. The zero-order chi connectivity index (χ0) is 22.7. The number of hydrogen-bond acceptors (Lipinski definition) is 6. The molecular weight excluding hydrogens is 422 g/mol. The van der Waals surface area contributed by atoms with E-state index < -0.39 is 8.07 Å². The van der Waals surface area contributed by atoms with Crippen molar-refractivity contribution < 1.29 is 9.53 Å². The zero-order valence-corrected chi connectivity index (χ0v) is 20.4. The van der Waals surface area contributed by atoms with Crippen LogP contribution in [0.2, 0.25) is 25.7 Å². The Kier molecular flexibility index (Phi) is 6.61. The highest BCUT2D eigenvalue weighted by Gasteiger charge is 2.30.